The minimum atomic E-state index is 0.750. The Bertz CT molecular complexity index is 502. The first-order chi connectivity index (χ1) is 8.24. The van der Waals surface area contributed by atoms with Gasteiger partial charge in [0.1, 0.15) is 0 Å². The molecule has 17 heavy (non-hydrogen) atoms. The van der Waals surface area contributed by atoms with E-state index in [4.69, 9.17) is 4.74 Å². The van der Waals surface area contributed by atoms with Crippen LogP contribution >= 0.6 is 0 Å². The van der Waals surface area contributed by atoms with Crippen LogP contribution in [0.1, 0.15) is 16.8 Å². The third-order valence-electron chi connectivity index (χ3n) is 3.15. The molecule has 92 valence electrons. The van der Waals surface area contributed by atoms with Crippen LogP contribution in [-0.4, -0.2) is 25.2 Å². The average molecular weight is 232 g/mol. The molecule has 3 nitrogen and oxygen atoms in total. The lowest BCUT2D eigenvalue weighted by molar-refractivity contribution is 0.199. The lowest BCUT2D eigenvalue weighted by Crippen LogP contribution is -2.18. The van der Waals surface area contributed by atoms with Gasteiger partial charge in [0.2, 0.25) is 0 Å². The predicted molar refractivity (Wildman–Crippen MR) is 71.4 cm³/mol. The maximum absolute atomic E-state index is 5.03. The van der Waals surface area contributed by atoms with Crippen LogP contribution in [0.2, 0.25) is 0 Å². The fourth-order valence-electron chi connectivity index (χ4n) is 2.17. The summed E-state index contributed by atoms with van der Waals surface area (Å²) in [6.45, 7) is 6.79. The van der Waals surface area contributed by atoms with E-state index in [9.17, 15) is 0 Å². The van der Waals surface area contributed by atoms with Gasteiger partial charge in [-0.3, -0.25) is 0 Å². The number of fused-ring (bicyclic) bond motifs is 1. The highest BCUT2D eigenvalue weighted by Crippen LogP contribution is 2.24. The van der Waals surface area contributed by atoms with Crippen molar-refractivity contribution in [2.75, 3.05) is 20.3 Å². The fourth-order valence-corrected chi connectivity index (χ4v) is 2.17. The molecule has 0 radical (unpaired) electrons. The van der Waals surface area contributed by atoms with E-state index in [-0.39, 0.29) is 0 Å². The van der Waals surface area contributed by atoms with E-state index in [1.54, 1.807) is 7.11 Å². The van der Waals surface area contributed by atoms with Gasteiger partial charge < -0.3 is 15.0 Å². The van der Waals surface area contributed by atoms with Gasteiger partial charge in [0.05, 0.1) is 6.61 Å². The fraction of sp³-hybridized carbons (Fsp3) is 0.429. The van der Waals surface area contributed by atoms with Crippen LogP contribution in [0.3, 0.4) is 0 Å². The van der Waals surface area contributed by atoms with Gasteiger partial charge in [-0.25, -0.2) is 0 Å². The summed E-state index contributed by atoms with van der Waals surface area (Å²) >= 11 is 0. The predicted octanol–water partition coefficient (Wildman–Crippen LogP) is 2.52. The first-order valence-electron chi connectivity index (χ1n) is 6.00. The number of aromatic nitrogens is 1. The Morgan fingerprint density at radius 1 is 1.29 bits per heavy atom. The van der Waals surface area contributed by atoms with E-state index < -0.39 is 0 Å². The number of hydrogen-bond acceptors (Lipinski definition) is 2. The second-order valence-corrected chi connectivity index (χ2v) is 4.40. The van der Waals surface area contributed by atoms with Crippen LogP contribution in [0.5, 0.6) is 0 Å². The summed E-state index contributed by atoms with van der Waals surface area (Å²) < 4.78 is 5.03. The van der Waals surface area contributed by atoms with Gasteiger partial charge in [0.25, 0.3) is 0 Å². The highest BCUT2D eigenvalue weighted by Gasteiger charge is 2.08. The molecule has 0 saturated carbocycles. The van der Waals surface area contributed by atoms with Gasteiger partial charge in [0.15, 0.2) is 0 Å². The first kappa shape index (κ1) is 12.1. The summed E-state index contributed by atoms with van der Waals surface area (Å²) in [7, 11) is 1.72. The van der Waals surface area contributed by atoms with Gasteiger partial charge in [-0.2, -0.15) is 0 Å². The van der Waals surface area contributed by atoms with Crippen molar-refractivity contribution in [3.8, 4) is 0 Å². The van der Waals surface area contributed by atoms with Crippen molar-refractivity contribution in [1.82, 2.24) is 10.3 Å². The maximum atomic E-state index is 5.03. The molecule has 0 saturated heterocycles. The molecule has 0 amide bonds. The number of ether oxygens (including phenoxy) is 1. The lowest BCUT2D eigenvalue weighted by Gasteiger charge is -2.04. The normalized spacial score (nSPS) is 11.2. The first-order valence-corrected chi connectivity index (χ1v) is 6.00. The van der Waals surface area contributed by atoms with E-state index in [1.807, 2.05) is 0 Å². The molecule has 0 aliphatic rings. The largest absolute Gasteiger partial charge is 0.383 e. The molecule has 0 aliphatic carbocycles. The minimum absolute atomic E-state index is 0.750. The molecule has 3 heteroatoms. The number of para-hydroxylation sites is 1. The Kier molecular flexibility index (Phi) is 3.82. The SMILES string of the molecule is COCCNCc1c(C)[nH]c2c(C)cccc12. The standard InChI is InChI=1S/C14H20N2O/c1-10-5-4-6-12-13(9-15-7-8-17-3)11(2)16-14(10)12/h4-6,15-16H,7-9H2,1-3H3. The molecule has 0 bridgehead atoms. The highest BCUT2D eigenvalue weighted by molar-refractivity contribution is 5.87. The van der Waals surface area contributed by atoms with Gasteiger partial charge in [-0.1, -0.05) is 18.2 Å². The number of hydrogen-bond donors (Lipinski definition) is 2. The topological polar surface area (TPSA) is 37.0 Å². The second kappa shape index (κ2) is 5.34. The molecule has 1 heterocycles. The zero-order valence-electron chi connectivity index (χ0n) is 10.8. The average Bonchev–Trinajstić information content (AvgIpc) is 2.63. The van der Waals surface area contributed by atoms with Crippen LogP contribution in [0, 0.1) is 13.8 Å². The molecule has 0 spiro atoms. The number of rotatable bonds is 5. The third kappa shape index (κ3) is 2.51. The van der Waals surface area contributed by atoms with Crippen molar-refractivity contribution >= 4 is 10.9 Å². The number of nitrogens with one attached hydrogen (secondary N) is 2. The Morgan fingerprint density at radius 2 is 2.12 bits per heavy atom. The van der Waals surface area contributed by atoms with E-state index in [2.05, 4.69) is 42.3 Å². The molecule has 0 fully saturated rings. The quantitative estimate of drug-likeness (QED) is 0.777. The molecule has 2 rings (SSSR count). The van der Waals surface area contributed by atoms with Crippen molar-refractivity contribution in [3.05, 3.63) is 35.0 Å². The summed E-state index contributed by atoms with van der Waals surface area (Å²) in [5.74, 6) is 0. The Morgan fingerprint density at radius 3 is 2.88 bits per heavy atom. The highest BCUT2D eigenvalue weighted by atomic mass is 16.5. The summed E-state index contributed by atoms with van der Waals surface area (Å²) in [6, 6.07) is 6.43. The lowest BCUT2D eigenvalue weighted by atomic mass is 10.1. The van der Waals surface area contributed by atoms with Crippen molar-refractivity contribution in [1.29, 1.82) is 0 Å². The number of methoxy groups -OCH3 is 1. The summed E-state index contributed by atoms with van der Waals surface area (Å²) in [5, 5.41) is 4.72. The molecule has 2 N–H and O–H groups in total. The van der Waals surface area contributed by atoms with Crippen molar-refractivity contribution < 1.29 is 4.74 Å². The third-order valence-corrected chi connectivity index (χ3v) is 3.15. The van der Waals surface area contributed by atoms with Crippen LogP contribution in [-0.2, 0) is 11.3 Å². The van der Waals surface area contributed by atoms with E-state index in [0.29, 0.717) is 0 Å². The van der Waals surface area contributed by atoms with Crippen molar-refractivity contribution in [2.45, 2.75) is 20.4 Å². The summed E-state index contributed by atoms with van der Waals surface area (Å²) in [4.78, 5) is 3.46. The number of aryl methyl sites for hydroxylation is 2. The number of aromatic amines is 1. The van der Waals surface area contributed by atoms with Gasteiger partial charge in [0, 0.05) is 36.8 Å². The second-order valence-electron chi connectivity index (χ2n) is 4.40. The molecular formula is C14H20N2O. The van der Waals surface area contributed by atoms with E-state index in [0.717, 1.165) is 19.7 Å². The van der Waals surface area contributed by atoms with Crippen LogP contribution in [0.25, 0.3) is 10.9 Å². The molecular weight excluding hydrogens is 212 g/mol. The van der Waals surface area contributed by atoms with Crippen molar-refractivity contribution in [2.24, 2.45) is 0 Å². The van der Waals surface area contributed by atoms with Crippen LogP contribution in [0.15, 0.2) is 18.2 Å². The molecule has 1 aromatic heterocycles. The molecule has 2 aromatic rings. The van der Waals surface area contributed by atoms with Crippen LogP contribution in [0.4, 0.5) is 0 Å². The van der Waals surface area contributed by atoms with Crippen molar-refractivity contribution in [3.63, 3.8) is 0 Å². The molecule has 0 atom stereocenters. The minimum Gasteiger partial charge on any atom is -0.383 e. The maximum Gasteiger partial charge on any atom is 0.0587 e. The molecule has 0 unspecified atom stereocenters. The van der Waals surface area contributed by atoms with E-state index >= 15 is 0 Å². The van der Waals surface area contributed by atoms with Gasteiger partial charge >= 0.3 is 0 Å². The van der Waals surface area contributed by atoms with Crippen LogP contribution < -0.4 is 5.32 Å². The summed E-state index contributed by atoms with van der Waals surface area (Å²) in [6.07, 6.45) is 0. The molecule has 1 aromatic carbocycles. The van der Waals surface area contributed by atoms with E-state index in [1.165, 1.54) is 27.7 Å². The number of H-pyrrole nitrogens is 1. The Hall–Kier alpha value is -1.32. The summed E-state index contributed by atoms with van der Waals surface area (Å²) in [5.41, 5.74) is 5.17. The smallest absolute Gasteiger partial charge is 0.0587 e. The molecule has 0 aliphatic heterocycles. The monoisotopic (exact) mass is 232 g/mol. The Labute approximate surface area is 102 Å². The zero-order valence-corrected chi connectivity index (χ0v) is 10.8. The zero-order chi connectivity index (χ0) is 12.3. The van der Waals surface area contributed by atoms with Gasteiger partial charge in [-0.15, -0.1) is 0 Å². The Balaban J connectivity index is 2.21. The van der Waals surface area contributed by atoms with Gasteiger partial charge in [-0.05, 0) is 25.0 Å². The number of benzene rings is 1.